The van der Waals surface area contributed by atoms with Gasteiger partial charge in [0.1, 0.15) is 18.3 Å². The topological polar surface area (TPSA) is 87.7 Å². The summed E-state index contributed by atoms with van der Waals surface area (Å²) < 4.78 is 33.4. The fourth-order valence-corrected chi connectivity index (χ4v) is 2.90. The lowest BCUT2D eigenvalue weighted by molar-refractivity contribution is -0.210. The zero-order chi connectivity index (χ0) is 15.3. The van der Waals surface area contributed by atoms with Crippen LogP contribution >= 0.6 is 15.9 Å². The molecule has 0 unspecified atom stereocenters. The minimum absolute atomic E-state index is 0.164. The molecule has 3 N–H and O–H groups in total. The monoisotopic (exact) mass is 364 g/mol. The van der Waals surface area contributed by atoms with Crippen molar-refractivity contribution in [1.29, 1.82) is 0 Å². The van der Waals surface area contributed by atoms with Crippen LogP contribution in [0.25, 0.3) is 11.0 Å². The van der Waals surface area contributed by atoms with Crippen LogP contribution in [-0.2, 0) is 4.74 Å². The number of ether oxygens (including phenoxy) is 1. The maximum Gasteiger partial charge on any atom is 0.180 e. The number of hydrogen-bond acceptors (Lipinski definition) is 5. The molecule has 1 aliphatic heterocycles. The Bertz CT molecular complexity index is 695. The third-order valence-electron chi connectivity index (χ3n) is 3.42. The molecule has 0 amide bonds. The predicted octanol–water partition coefficient (Wildman–Crippen LogP) is 0.688. The van der Waals surface area contributed by atoms with Crippen LogP contribution in [0.2, 0.25) is 0 Å². The third kappa shape index (κ3) is 2.34. The van der Waals surface area contributed by atoms with Gasteiger partial charge in [-0.15, -0.1) is 0 Å². The number of halogens is 3. The highest BCUT2D eigenvalue weighted by Gasteiger charge is 2.40. The molecule has 3 rings (SSSR count). The first-order valence-corrected chi connectivity index (χ1v) is 6.87. The highest BCUT2D eigenvalue weighted by atomic mass is 79.9. The van der Waals surface area contributed by atoms with Crippen molar-refractivity contribution in [2.45, 2.75) is 24.5 Å². The number of nitrogens with zero attached hydrogens (tertiary/aromatic N) is 2. The van der Waals surface area contributed by atoms with E-state index in [0.717, 1.165) is 12.1 Å². The van der Waals surface area contributed by atoms with Crippen molar-refractivity contribution < 1.29 is 28.8 Å². The number of hydrogen-bond donors (Lipinski definition) is 3. The van der Waals surface area contributed by atoms with Gasteiger partial charge in [-0.3, -0.25) is 4.57 Å². The van der Waals surface area contributed by atoms with Gasteiger partial charge in [-0.25, -0.2) is 13.8 Å². The zero-order valence-corrected chi connectivity index (χ0v) is 12.0. The first-order valence-electron chi connectivity index (χ1n) is 6.08. The molecule has 1 fully saturated rings. The molecule has 0 bridgehead atoms. The standard InChI is InChI=1S/C12H11BrF2N2O4/c13-12-16-6-1-4(14)5(15)2-7(6)17(12)11-10(20)9(19)8(18)3-21-11/h1-2,8-11,18-20H,3H2/t8-,9-,10-,11-/m1/s1. The molecule has 6 nitrogen and oxygen atoms in total. The maximum absolute atomic E-state index is 13.4. The minimum Gasteiger partial charge on any atom is -0.388 e. The average molecular weight is 365 g/mol. The first kappa shape index (κ1) is 14.8. The second-order valence-corrected chi connectivity index (χ2v) is 5.49. The number of aliphatic hydroxyl groups excluding tert-OH is 3. The van der Waals surface area contributed by atoms with Crippen molar-refractivity contribution in [3.05, 3.63) is 28.5 Å². The summed E-state index contributed by atoms with van der Waals surface area (Å²) in [5, 5.41) is 29.2. The van der Waals surface area contributed by atoms with E-state index in [1.165, 1.54) is 4.57 Å². The summed E-state index contributed by atoms with van der Waals surface area (Å²) >= 11 is 3.13. The SMILES string of the molecule is O[C@@H]1[C@H](O)[C@H](O)CO[C@H]1n1c(Br)nc2cc(F)c(F)cc21. The van der Waals surface area contributed by atoms with Crippen LogP contribution in [0.4, 0.5) is 8.78 Å². The number of benzene rings is 1. The van der Waals surface area contributed by atoms with Gasteiger partial charge in [0.15, 0.2) is 22.6 Å². The summed E-state index contributed by atoms with van der Waals surface area (Å²) in [7, 11) is 0. The normalized spacial score (nSPS) is 30.0. The minimum atomic E-state index is -1.45. The van der Waals surface area contributed by atoms with Gasteiger partial charge in [0.25, 0.3) is 0 Å². The molecule has 1 aliphatic rings. The summed E-state index contributed by atoms with van der Waals surface area (Å²) in [5.74, 6) is -2.11. The fourth-order valence-electron chi connectivity index (χ4n) is 2.32. The van der Waals surface area contributed by atoms with E-state index in [0.29, 0.717) is 0 Å². The lowest BCUT2D eigenvalue weighted by Crippen LogP contribution is -2.50. The largest absolute Gasteiger partial charge is 0.388 e. The highest BCUT2D eigenvalue weighted by molar-refractivity contribution is 9.10. The van der Waals surface area contributed by atoms with Crippen molar-refractivity contribution in [2.75, 3.05) is 6.61 Å². The molecule has 0 radical (unpaired) electrons. The van der Waals surface area contributed by atoms with Crippen LogP contribution in [0, 0.1) is 11.6 Å². The van der Waals surface area contributed by atoms with Gasteiger partial charge in [-0.2, -0.15) is 0 Å². The summed E-state index contributed by atoms with van der Waals surface area (Å²) in [6, 6.07) is 1.85. The summed E-state index contributed by atoms with van der Waals surface area (Å²) in [4.78, 5) is 4.01. The van der Waals surface area contributed by atoms with E-state index in [4.69, 9.17) is 4.74 Å². The van der Waals surface area contributed by atoms with E-state index in [-0.39, 0.29) is 22.4 Å². The molecule has 0 aliphatic carbocycles. The Hall–Kier alpha value is -1.13. The highest BCUT2D eigenvalue weighted by Crippen LogP contribution is 2.32. The Labute approximate surface area is 125 Å². The molecular weight excluding hydrogens is 354 g/mol. The van der Waals surface area contributed by atoms with Gasteiger partial charge in [-0.05, 0) is 15.9 Å². The van der Waals surface area contributed by atoms with E-state index >= 15 is 0 Å². The number of aromatic nitrogens is 2. The molecule has 0 spiro atoms. The zero-order valence-electron chi connectivity index (χ0n) is 10.4. The lowest BCUT2D eigenvalue weighted by Gasteiger charge is -2.36. The summed E-state index contributed by atoms with van der Waals surface area (Å²) in [6.45, 7) is -0.210. The number of fused-ring (bicyclic) bond motifs is 1. The molecule has 114 valence electrons. The Balaban J connectivity index is 2.12. The molecule has 2 aromatic rings. The van der Waals surface area contributed by atoms with Gasteiger partial charge in [0, 0.05) is 12.1 Å². The van der Waals surface area contributed by atoms with Gasteiger partial charge >= 0.3 is 0 Å². The van der Waals surface area contributed by atoms with Gasteiger partial charge in [0.05, 0.1) is 17.6 Å². The van der Waals surface area contributed by atoms with Crippen LogP contribution in [-0.4, -0.2) is 49.8 Å². The van der Waals surface area contributed by atoms with Crippen molar-refractivity contribution in [3.63, 3.8) is 0 Å². The molecule has 1 aromatic carbocycles. The Morgan fingerprint density at radius 1 is 1.19 bits per heavy atom. The molecule has 1 aromatic heterocycles. The van der Waals surface area contributed by atoms with Crippen LogP contribution < -0.4 is 0 Å². The number of imidazole rings is 1. The number of aliphatic hydroxyl groups is 3. The predicted molar refractivity (Wildman–Crippen MR) is 70.4 cm³/mol. The van der Waals surface area contributed by atoms with Crippen LogP contribution in [0.5, 0.6) is 0 Å². The quantitative estimate of drug-likeness (QED) is 0.692. The third-order valence-corrected chi connectivity index (χ3v) is 3.98. The van der Waals surface area contributed by atoms with Crippen molar-refractivity contribution in [3.8, 4) is 0 Å². The first-order chi connectivity index (χ1) is 9.90. The van der Waals surface area contributed by atoms with Gasteiger partial charge in [0.2, 0.25) is 0 Å². The van der Waals surface area contributed by atoms with Crippen LogP contribution in [0.3, 0.4) is 0 Å². The van der Waals surface area contributed by atoms with E-state index in [1.807, 2.05) is 0 Å². The Kier molecular flexibility index (Phi) is 3.70. The fraction of sp³-hybridized carbons (Fsp3) is 0.417. The van der Waals surface area contributed by atoms with Gasteiger partial charge < -0.3 is 20.1 Å². The smallest absolute Gasteiger partial charge is 0.180 e. The molecule has 0 saturated carbocycles. The molecule has 4 atom stereocenters. The van der Waals surface area contributed by atoms with E-state index in [9.17, 15) is 24.1 Å². The second-order valence-electron chi connectivity index (χ2n) is 4.78. The van der Waals surface area contributed by atoms with Crippen molar-refractivity contribution in [2.24, 2.45) is 0 Å². The van der Waals surface area contributed by atoms with Crippen LogP contribution in [0.1, 0.15) is 6.23 Å². The van der Waals surface area contributed by atoms with E-state index < -0.39 is 36.2 Å². The van der Waals surface area contributed by atoms with Crippen LogP contribution in [0.15, 0.2) is 16.9 Å². The molecule has 9 heteroatoms. The van der Waals surface area contributed by atoms with Crippen molar-refractivity contribution in [1.82, 2.24) is 9.55 Å². The molecule has 21 heavy (non-hydrogen) atoms. The average Bonchev–Trinajstić information content (AvgIpc) is 2.73. The summed E-state index contributed by atoms with van der Waals surface area (Å²) in [6.07, 6.45) is -5.18. The maximum atomic E-state index is 13.4. The lowest BCUT2D eigenvalue weighted by atomic mass is 10.0. The molecule has 1 saturated heterocycles. The second kappa shape index (κ2) is 5.25. The molecular formula is C12H11BrF2N2O4. The molecule has 2 heterocycles. The summed E-state index contributed by atoms with van der Waals surface area (Å²) in [5.41, 5.74) is 0.352. The Morgan fingerprint density at radius 3 is 2.57 bits per heavy atom. The number of rotatable bonds is 1. The van der Waals surface area contributed by atoms with E-state index in [1.54, 1.807) is 0 Å². The van der Waals surface area contributed by atoms with Gasteiger partial charge in [-0.1, -0.05) is 0 Å². The Morgan fingerprint density at radius 2 is 1.86 bits per heavy atom. The van der Waals surface area contributed by atoms with Crippen molar-refractivity contribution >= 4 is 27.0 Å². The van der Waals surface area contributed by atoms with E-state index in [2.05, 4.69) is 20.9 Å².